The van der Waals surface area contributed by atoms with E-state index in [0.29, 0.717) is 11.8 Å². The third-order valence-electron chi connectivity index (χ3n) is 5.95. The highest BCUT2D eigenvalue weighted by Gasteiger charge is 2.35. The van der Waals surface area contributed by atoms with Gasteiger partial charge in [-0.1, -0.05) is 6.92 Å². The Labute approximate surface area is 151 Å². The van der Waals surface area contributed by atoms with Crippen LogP contribution in [0, 0.1) is 17.8 Å². The van der Waals surface area contributed by atoms with Gasteiger partial charge in [-0.3, -0.25) is 9.59 Å². The van der Waals surface area contributed by atoms with Crippen LogP contribution in [-0.4, -0.2) is 53.8 Å². The number of nitrogens with two attached hydrogens (primary N) is 1. The summed E-state index contributed by atoms with van der Waals surface area (Å²) in [5.41, 5.74) is 5.93. The molecule has 0 aromatic heterocycles. The van der Waals surface area contributed by atoms with Crippen LogP contribution in [0.2, 0.25) is 0 Å². The van der Waals surface area contributed by atoms with Crippen LogP contribution in [0.15, 0.2) is 0 Å². The molecule has 0 spiro atoms. The quantitative estimate of drug-likeness (QED) is 0.822. The lowest BCUT2D eigenvalue weighted by Crippen LogP contribution is -2.47. The second-order valence-corrected chi connectivity index (χ2v) is 7.90. The number of hydrogen-bond donors (Lipinski definition) is 1. The van der Waals surface area contributed by atoms with Crippen molar-refractivity contribution in [3.8, 4) is 0 Å². The summed E-state index contributed by atoms with van der Waals surface area (Å²) in [6, 6.07) is 0.198. The van der Waals surface area contributed by atoms with Crippen LogP contribution in [0.3, 0.4) is 0 Å². The number of nitrogens with zero attached hydrogens (tertiary/aromatic N) is 2. The Morgan fingerprint density at radius 2 is 1.54 bits per heavy atom. The van der Waals surface area contributed by atoms with E-state index >= 15 is 0 Å². The summed E-state index contributed by atoms with van der Waals surface area (Å²) in [5, 5.41) is 0. The fourth-order valence-corrected chi connectivity index (χ4v) is 4.49. The minimum Gasteiger partial charge on any atom is -0.342 e. The lowest BCUT2D eigenvalue weighted by Gasteiger charge is -2.37. The zero-order chi connectivity index (χ0) is 16.4. The smallest absolute Gasteiger partial charge is 0.225 e. The highest BCUT2D eigenvalue weighted by atomic mass is 35.5. The molecule has 24 heavy (non-hydrogen) atoms. The lowest BCUT2D eigenvalue weighted by molar-refractivity contribution is -0.143. The van der Waals surface area contributed by atoms with Gasteiger partial charge >= 0.3 is 0 Å². The molecular formula is C18H32ClN3O2. The van der Waals surface area contributed by atoms with Crippen molar-refractivity contribution >= 4 is 24.2 Å². The number of halogens is 1. The largest absolute Gasteiger partial charge is 0.342 e. The Kier molecular flexibility index (Phi) is 6.93. The van der Waals surface area contributed by atoms with E-state index in [2.05, 4.69) is 11.8 Å². The van der Waals surface area contributed by atoms with Gasteiger partial charge < -0.3 is 15.5 Å². The molecule has 0 aromatic carbocycles. The molecule has 2 N–H and O–H groups in total. The molecule has 0 radical (unpaired) electrons. The molecule has 1 saturated carbocycles. The van der Waals surface area contributed by atoms with Gasteiger partial charge in [-0.05, 0) is 50.9 Å². The first-order chi connectivity index (χ1) is 11.0. The Balaban J connectivity index is 0.00000208. The number of carbonyl (C=O) groups is 2. The van der Waals surface area contributed by atoms with Gasteiger partial charge in [-0.25, -0.2) is 0 Å². The van der Waals surface area contributed by atoms with E-state index < -0.39 is 0 Å². The van der Waals surface area contributed by atoms with Crippen LogP contribution in [0.5, 0.6) is 0 Å². The van der Waals surface area contributed by atoms with E-state index in [1.807, 2.05) is 4.90 Å². The first-order valence-electron chi connectivity index (χ1n) is 9.37. The first-order valence-corrected chi connectivity index (χ1v) is 9.37. The molecule has 3 atom stereocenters. The third kappa shape index (κ3) is 4.42. The van der Waals surface area contributed by atoms with Crippen LogP contribution >= 0.6 is 12.4 Å². The highest BCUT2D eigenvalue weighted by Crippen LogP contribution is 2.29. The van der Waals surface area contributed by atoms with Crippen LogP contribution in [0.1, 0.15) is 51.9 Å². The molecule has 3 aliphatic rings. The van der Waals surface area contributed by atoms with E-state index in [-0.39, 0.29) is 36.2 Å². The maximum Gasteiger partial charge on any atom is 0.225 e. The summed E-state index contributed by atoms with van der Waals surface area (Å²) in [4.78, 5) is 29.3. The zero-order valence-electron chi connectivity index (χ0n) is 14.8. The number of piperidine rings is 2. The Hall–Kier alpha value is -0.810. The molecule has 3 unspecified atom stereocenters. The molecule has 2 saturated heterocycles. The first kappa shape index (κ1) is 19.5. The third-order valence-corrected chi connectivity index (χ3v) is 5.95. The Morgan fingerprint density at radius 1 is 0.875 bits per heavy atom. The molecule has 3 rings (SSSR count). The normalized spacial score (nSPS) is 31.7. The highest BCUT2D eigenvalue weighted by molar-refractivity contribution is 5.85. The molecule has 5 nitrogen and oxygen atoms in total. The molecule has 3 fully saturated rings. The van der Waals surface area contributed by atoms with E-state index in [1.165, 1.54) is 6.42 Å². The van der Waals surface area contributed by atoms with Gasteiger partial charge in [0.05, 0.1) is 0 Å². The maximum atomic E-state index is 12.7. The average Bonchev–Trinajstić information content (AvgIpc) is 3.00. The van der Waals surface area contributed by atoms with Gasteiger partial charge in [0.25, 0.3) is 0 Å². The molecule has 6 heteroatoms. The monoisotopic (exact) mass is 357 g/mol. The second-order valence-electron chi connectivity index (χ2n) is 7.90. The van der Waals surface area contributed by atoms with Crippen LogP contribution in [0.4, 0.5) is 0 Å². The molecule has 0 aromatic rings. The van der Waals surface area contributed by atoms with Crippen molar-refractivity contribution in [2.45, 2.75) is 57.9 Å². The van der Waals surface area contributed by atoms with Crippen LogP contribution < -0.4 is 5.73 Å². The molecule has 138 valence electrons. The Morgan fingerprint density at radius 3 is 2.12 bits per heavy atom. The fraction of sp³-hybridized carbons (Fsp3) is 0.889. The predicted molar refractivity (Wildman–Crippen MR) is 96.8 cm³/mol. The van der Waals surface area contributed by atoms with E-state index in [9.17, 15) is 9.59 Å². The van der Waals surface area contributed by atoms with Gasteiger partial charge in [-0.2, -0.15) is 0 Å². The molecule has 2 amide bonds. The summed E-state index contributed by atoms with van der Waals surface area (Å²) < 4.78 is 0. The van der Waals surface area contributed by atoms with Crippen molar-refractivity contribution in [3.63, 3.8) is 0 Å². The standard InChI is InChI=1S/C18H31N3O2.ClH/c1-13-3-2-8-21(12-13)17(22)14-6-9-20(10-7-14)18(23)15-4-5-16(19)11-15;/h13-16H,2-12,19H2,1H3;1H. The van der Waals surface area contributed by atoms with Gasteiger partial charge in [0, 0.05) is 44.1 Å². The van der Waals surface area contributed by atoms with Crippen molar-refractivity contribution in [3.05, 3.63) is 0 Å². The summed E-state index contributed by atoms with van der Waals surface area (Å²) in [6.07, 6.45) is 6.77. The van der Waals surface area contributed by atoms with Gasteiger partial charge in [0.2, 0.25) is 11.8 Å². The Bertz CT molecular complexity index is 452. The molecule has 1 aliphatic carbocycles. The predicted octanol–water partition coefficient (Wildman–Crippen LogP) is 2.03. The second kappa shape index (κ2) is 8.52. The minimum atomic E-state index is 0. The number of amides is 2. The van der Waals surface area contributed by atoms with Crippen LogP contribution in [0.25, 0.3) is 0 Å². The van der Waals surface area contributed by atoms with Crippen molar-refractivity contribution in [1.29, 1.82) is 0 Å². The number of rotatable bonds is 2. The minimum absolute atomic E-state index is 0. The molecular weight excluding hydrogens is 326 g/mol. The molecule has 2 aliphatic heterocycles. The SMILES string of the molecule is CC1CCCN(C(=O)C2CCN(C(=O)C3CCC(N)C3)CC2)C1.Cl. The fourth-order valence-electron chi connectivity index (χ4n) is 4.49. The van der Waals surface area contributed by atoms with Crippen molar-refractivity contribution in [1.82, 2.24) is 9.80 Å². The van der Waals surface area contributed by atoms with Gasteiger partial charge in [0.15, 0.2) is 0 Å². The number of hydrogen-bond acceptors (Lipinski definition) is 3. The number of likely N-dealkylation sites (tertiary alicyclic amines) is 2. The van der Waals surface area contributed by atoms with E-state index in [1.54, 1.807) is 0 Å². The summed E-state index contributed by atoms with van der Waals surface area (Å²) in [6.45, 7) is 5.54. The summed E-state index contributed by atoms with van der Waals surface area (Å²) >= 11 is 0. The maximum absolute atomic E-state index is 12.7. The average molecular weight is 358 g/mol. The number of carbonyl (C=O) groups excluding carboxylic acids is 2. The lowest BCUT2D eigenvalue weighted by atomic mass is 9.92. The molecule has 2 heterocycles. The van der Waals surface area contributed by atoms with Crippen molar-refractivity contribution in [2.75, 3.05) is 26.2 Å². The summed E-state index contributed by atoms with van der Waals surface area (Å²) in [7, 11) is 0. The molecule has 0 bridgehead atoms. The van der Waals surface area contributed by atoms with Crippen LogP contribution in [-0.2, 0) is 9.59 Å². The van der Waals surface area contributed by atoms with Crippen molar-refractivity contribution in [2.24, 2.45) is 23.5 Å². The van der Waals surface area contributed by atoms with Gasteiger partial charge in [0.1, 0.15) is 0 Å². The summed E-state index contributed by atoms with van der Waals surface area (Å²) in [5.74, 6) is 1.47. The van der Waals surface area contributed by atoms with Crippen molar-refractivity contribution < 1.29 is 9.59 Å². The van der Waals surface area contributed by atoms with Gasteiger partial charge in [-0.15, -0.1) is 12.4 Å². The zero-order valence-corrected chi connectivity index (χ0v) is 15.6. The topological polar surface area (TPSA) is 66.6 Å². The van der Waals surface area contributed by atoms with E-state index in [0.717, 1.165) is 64.7 Å². The van der Waals surface area contributed by atoms with E-state index in [4.69, 9.17) is 5.73 Å².